The number of carbonyl (C=O) groups excluding carboxylic acids is 1. The Morgan fingerprint density at radius 1 is 1.25 bits per heavy atom. The van der Waals surface area contributed by atoms with Crippen molar-refractivity contribution in [2.75, 3.05) is 0 Å². The van der Waals surface area contributed by atoms with Crippen LogP contribution in [-0.4, -0.2) is 5.78 Å². The van der Waals surface area contributed by atoms with Crippen molar-refractivity contribution in [1.29, 1.82) is 5.26 Å². The Labute approximate surface area is 94.5 Å². The van der Waals surface area contributed by atoms with Crippen LogP contribution < -0.4 is 0 Å². The fourth-order valence-corrected chi connectivity index (χ4v) is 1.54. The molecule has 0 unspecified atom stereocenters. The summed E-state index contributed by atoms with van der Waals surface area (Å²) in [4.78, 5) is 11.8. The fourth-order valence-electron chi connectivity index (χ4n) is 1.54. The molecule has 2 nitrogen and oxygen atoms in total. The lowest BCUT2D eigenvalue weighted by molar-refractivity contribution is -0.114. The Morgan fingerprint density at radius 3 is 2.56 bits per heavy atom. The lowest BCUT2D eigenvalue weighted by Crippen LogP contribution is -2.03. The van der Waals surface area contributed by atoms with E-state index in [0.29, 0.717) is 12.0 Å². The number of Topliss-reactive ketones (excluding diaryl/α,β-unsaturated/α-hetero) is 1. The molecule has 77 valence electrons. The van der Waals surface area contributed by atoms with Crippen LogP contribution in [0.3, 0.4) is 0 Å². The SMILES string of the molecule is N#Cc1ccc(CC(=O)C2=C[CH]C=C2)cc1. The number of carbonyl (C=O) groups is 1. The van der Waals surface area contributed by atoms with Crippen LogP contribution in [0.5, 0.6) is 0 Å². The molecule has 1 radical (unpaired) electrons. The maximum Gasteiger partial charge on any atom is 0.166 e. The summed E-state index contributed by atoms with van der Waals surface area (Å²) in [7, 11) is 0. The summed E-state index contributed by atoms with van der Waals surface area (Å²) < 4.78 is 0. The third kappa shape index (κ3) is 2.26. The van der Waals surface area contributed by atoms with Crippen molar-refractivity contribution in [2.24, 2.45) is 0 Å². The Kier molecular flexibility index (Phi) is 2.98. The van der Waals surface area contributed by atoms with E-state index in [1.807, 2.05) is 36.8 Å². The Morgan fingerprint density at radius 2 is 2.00 bits per heavy atom. The minimum absolute atomic E-state index is 0.106. The molecule has 16 heavy (non-hydrogen) atoms. The van der Waals surface area contributed by atoms with Crippen molar-refractivity contribution < 1.29 is 4.79 Å². The standard InChI is InChI=1S/C14H10NO/c15-10-12-7-5-11(6-8-12)9-14(16)13-3-1-2-4-13/h1-8H,9H2. The number of nitrogens with zero attached hydrogens (tertiary/aromatic N) is 1. The molecule has 0 spiro atoms. The number of nitriles is 1. The second-order valence-electron chi connectivity index (χ2n) is 3.58. The van der Waals surface area contributed by atoms with Crippen molar-refractivity contribution in [3.05, 3.63) is 65.6 Å². The first-order valence-electron chi connectivity index (χ1n) is 5.03. The molecule has 1 aromatic rings. The van der Waals surface area contributed by atoms with Gasteiger partial charge in [-0.15, -0.1) is 0 Å². The molecule has 1 aliphatic rings. The van der Waals surface area contributed by atoms with E-state index in [2.05, 4.69) is 6.07 Å². The zero-order chi connectivity index (χ0) is 11.4. The van der Waals surface area contributed by atoms with E-state index in [1.165, 1.54) is 0 Å². The highest BCUT2D eigenvalue weighted by Crippen LogP contribution is 2.13. The van der Waals surface area contributed by atoms with Crippen molar-refractivity contribution >= 4 is 5.78 Å². The van der Waals surface area contributed by atoms with Crippen LogP contribution in [0, 0.1) is 17.8 Å². The smallest absolute Gasteiger partial charge is 0.166 e. The van der Waals surface area contributed by atoms with Gasteiger partial charge in [-0.3, -0.25) is 4.79 Å². The summed E-state index contributed by atoms with van der Waals surface area (Å²) in [6.45, 7) is 0. The molecule has 0 aliphatic heterocycles. The largest absolute Gasteiger partial charge is 0.294 e. The zero-order valence-electron chi connectivity index (χ0n) is 8.68. The maximum atomic E-state index is 11.8. The molecular weight excluding hydrogens is 198 g/mol. The van der Waals surface area contributed by atoms with E-state index in [9.17, 15) is 4.79 Å². The molecule has 1 aliphatic carbocycles. The summed E-state index contributed by atoms with van der Waals surface area (Å²) in [5.41, 5.74) is 2.29. The van der Waals surface area contributed by atoms with Crippen LogP contribution >= 0.6 is 0 Å². The molecule has 1 aromatic carbocycles. The third-order valence-corrected chi connectivity index (χ3v) is 2.43. The molecule has 0 atom stereocenters. The van der Waals surface area contributed by atoms with Gasteiger partial charge in [-0.25, -0.2) is 0 Å². The predicted molar refractivity (Wildman–Crippen MR) is 61.4 cm³/mol. The Bertz CT molecular complexity index is 501. The van der Waals surface area contributed by atoms with Crippen LogP contribution in [0.4, 0.5) is 0 Å². The summed E-state index contributed by atoms with van der Waals surface area (Å²) in [5, 5.41) is 8.64. The summed E-state index contributed by atoms with van der Waals surface area (Å²) >= 11 is 0. The second-order valence-corrected chi connectivity index (χ2v) is 3.58. The quantitative estimate of drug-likeness (QED) is 0.765. The van der Waals surface area contributed by atoms with Crippen molar-refractivity contribution in [3.8, 4) is 6.07 Å². The molecule has 2 rings (SSSR count). The predicted octanol–water partition coefficient (Wildman–Crippen LogP) is 2.37. The van der Waals surface area contributed by atoms with E-state index >= 15 is 0 Å². The monoisotopic (exact) mass is 208 g/mol. The van der Waals surface area contributed by atoms with E-state index in [4.69, 9.17) is 5.26 Å². The highest BCUT2D eigenvalue weighted by molar-refractivity contribution is 6.00. The van der Waals surface area contributed by atoms with Crippen LogP contribution in [0.15, 0.2) is 48.1 Å². The molecule has 0 aromatic heterocycles. The molecular formula is C14H10NO. The average molecular weight is 208 g/mol. The van der Waals surface area contributed by atoms with E-state index in [-0.39, 0.29) is 5.78 Å². The summed E-state index contributed by atoms with van der Waals surface area (Å²) in [5.74, 6) is 0.106. The minimum Gasteiger partial charge on any atom is -0.294 e. The number of ketones is 1. The third-order valence-electron chi connectivity index (χ3n) is 2.43. The zero-order valence-corrected chi connectivity index (χ0v) is 8.68. The molecule has 0 bridgehead atoms. The van der Waals surface area contributed by atoms with Gasteiger partial charge in [0.05, 0.1) is 11.6 Å². The van der Waals surface area contributed by atoms with Gasteiger partial charge in [-0.2, -0.15) is 5.26 Å². The summed E-state index contributed by atoms with van der Waals surface area (Å²) in [6.07, 6.45) is 7.71. The Balaban J connectivity index is 2.06. The van der Waals surface area contributed by atoms with Crippen molar-refractivity contribution in [3.63, 3.8) is 0 Å². The number of hydrogen-bond donors (Lipinski definition) is 0. The van der Waals surface area contributed by atoms with Gasteiger partial charge < -0.3 is 0 Å². The molecule has 0 fully saturated rings. The number of rotatable bonds is 3. The Hall–Kier alpha value is -2.14. The van der Waals surface area contributed by atoms with E-state index in [0.717, 1.165) is 11.1 Å². The number of benzene rings is 1. The van der Waals surface area contributed by atoms with Crippen molar-refractivity contribution in [2.45, 2.75) is 6.42 Å². The molecule has 0 saturated heterocycles. The lowest BCUT2D eigenvalue weighted by atomic mass is 10.0. The van der Waals surface area contributed by atoms with Gasteiger partial charge in [0.1, 0.15) is 0 Å². The van der Waals surface area contributed by atoms with Crippen molar-refractivity contribution in [1.82, 2.24) is 0 Å². The van der Waals surface area contributed by atoms with Gasteiger partial charge >= 0.3 is 0 Å². The van der Waals surface area contributed by atoms with Gasteiger partial charge in [-0.1, -0.05) is 30.4 Å². The van der Waals surface area contributed by atoms with Crippen LogP contribution in [0.2, 0.25) is 0 Å². The van der Waals surface area contributed by atoms with Gasteiger partial charge in [0.2, 0.25) is 0 Å². The molecule has 0 heterocycles. The average Bonchev–Trinajstić information content (AvgIpc) is 2.83. The molecule has 0 N–H and O–H groups in total. The first-order valence-corrected chi connectivity index (χ1v) is 5.03. The maximum absolute atomic E-state index is 11.8. The minimum atomic E-state index is 0.106. The topological polar surface area (TPSA) is 40.9 Å². The normalized spacial score (nSPS) is 13.3. The molecule has 0 amide bonds. The highest BCUT2D eigenvalue weighted by atomic mass is 16.1. The van der Waals surface area contributed by atoms with Gasteiger partial charge in [-0.05, 0) is 17.7 Å². The lowest BCUT2D eigenvalue weighted by Gasteiger charge is -2.00. The summed E-state index contributed by atoms with van der Waals surface area (Å²) in [6, 6.07) is 9.15. The van der Waals surface area contributed by atoms with Crippen LogP contribution in [0.1, 0.15) is 11.1 Å². The fraction of sp³-hybridized carbons (Fsp3) is 0.0714. The van der Waals surface area contributed by atoms with E-state index in [1.54, 1.807) is 12.1 Å². The number of allylic oxidation sites excluding steroid dienone is 4. The van der Waals surface area contributed by atoms with E-state index < -0.39 is 0 Å². The van der Waals surface area contributed by atoms with Gasteiger partial charge in [0.15, 0.2) is 5.78 Å². The second kappa shape index (κ2) is 4.59. The van der Waals surface area contributed by atoms with Crippen LogP contribution in [-0.2, 0) is 11.2 Å². The highest BCUT2D eigenvalue weighted by Gasteiger charge is 2.09. The first-order chi connectivity index (χ1) is 7.79. The molecule has 0 saturated carbocycles. The van der Waals surface area contributed by atoms with Gasteiger partial charge in [0, 0.05) is 18.4 Å². The molecule has 2 heteroatoms. The number of hydrogen-bond acceptors (Lipinski definition) is 2. The van der Waals surface area contributed by atoms with Crippen LogP contribution in [0.25, 0.3) is 0 Å². The van der Waals surface area contributed by atoms with Gasteiger partial charge in [0.25, 0.3) is 0 Å². The first kappa shape index (κ1) is 10.4.